The molecule has 0 unspecified atom stereocenters. The van der Waals surface area contributed by atoms with Crippen LogP contribution in [0, 0.1) is 0 Å². The van der Waals surface area contributed by atoms with Gasteiger partial charge in [0, 0.05) is 44.5 Å². The van der Waals surface area contributed by atoms with Gasteiger partial charge >= 0.3 is 0 Å². The van der Waals surface area contributed by atoms with Crippen molar-refractivity contribution in [2.75, 3.05) is 0 Å². The number of hydrogen-bond donors (Lipinski definition) is 0. The molecule has 0 spiro atoms. The lowest BCUT2D eigenvalue weighted by Gasteiger charge is -2.15. The summed E-state index contributed by atoms with van der Waals surface area (Å²) in [5.41, 5.74) is 7.99. The zero-order valence-electron chi connectivity index (χ0n) is 25.9. The van der Waals surface area contributed by atoms with Crippen LogP contribution in [0.1, 0.15) is 0 Å². The van der Waals surface area contributed by atoms with Crippen molar-refractivity contribution in [3.8, 4) is 11.4 Å². The molecule has 48 heavy (non-hydrogen) atoms. The van der Waals surface area contributed by atoms with Crippen molar-refractivity contribution in [3.05, 3.63) is 164 Å². The molecule has 3 heterocycles. The molecule has 0 fully saturated rings. The summed E-state index contributed by atoms with van der Waals surface area (Å²) in [5, 5.41) is 13.7. The molecule has 3 aromatic heterocycles. The highest BCUT2D eigenvalue weighted by Crippen LogP contribution is 2.46. The van der Waals surface area contributed by atoms with E-state index in [1.807, 2.05) is 6.20 Å². The second-order valence-electron chi connectivity index (χ2n) is 12.7. The summed E-state index contributed by atoms with van der Waals surface area (Å²) < 4.78 is 4.91. The first-order valence-electron chi connectivity index (χ1n) is 16.5. The number of nitrogens with zero attached hydrogens (tertiary/aromatic N) is 3. The zero-order chi connectivity index (χ0) is 31.3. The lowest BCUT2D eigenvalue weighted by molar-refractivity contribution is 1.18. The Bertz CT molecular complexity index is 3070. The highest BCUT2D eigenvalue weighted by Gasteiger charge is 2.25. The average Bonchev–Trinajstić information content (AvgIpc) is 3.69. The molecule has 0 bridgehead atoms. The molecule has 222 valence electrons. The summed E-state index contributed by atoms with van der Waals surface area (Å²) in [7, 11) is 0. The van der Waals surface area contributed by atoms with E-state index in [9.17, 15) is 0 Å². The van der Waals surface area contributed by atoms with E-state index in [1.165, 1.54) is 70.4 Å². The molecule has 3 nitrogen and oxygen atoms in total. The minimum Gasteiger partial charge on any atom is -0.308 e. The number of hydrogen-bond acceptors (Lipinski definition) is 1. The van der Waals surface area contributed by atoms with Gasteiger partial charge in [-0.1, -0.05) is 115 Å². The van der Waals surface area contributed by atoms with E-state index in [2.05, 4.69) is 167 Å². The van der Waals surface area contributed by atoms with Gasteiger partial charge in [0.25, 0.3) is 0 Å². The van der Waals surface area contributed by atoms with Crippen LogP contribution in [0.25, 0.3) is 98.2 Å². The van der Waals surface area contributed by atoms with E-state index in [-0.39, 0.29) is 0 Å². The minimum absolute atomic E-state index is 1.01. The van der Waals surface area contributed by atoms with Crippen LogP contribution in [0.2, 0.25) is 0 Å². The van der Waals surface area contributed by atoms with Crippen molar-refractivity contribution in [1.82, 2.24) is 14.1 Å². The maximum Gasteiger partial charge on any atom is 0.0956 e. The lowest BCUT2D eigenvalue weighted by atomic mass is 9.94. The van der Waals surface area contributed by atoms with Crippen LogP contribution in [0.15, 0.2) is 164 Å². The van der Waals surface area contributed by atoms with Gasteiger partial charge in [-0.05, 0) is 74.8 Å². The topological polar surface area (TPSA) is 22.8 Å². The largest absolute Gasteiger partial charge is 0.308 e. The van der Waals surface area contributed by atoms with Crippen LogP contribution in [0.4, 0.5) is 0 Å². The van der Waals surface area contributed by atoms with Gasteiger partial charge in [-0.2, -0.15) is 0 Å². The molecule has 8 aromatic carbocycles. The molecule has 0 aliphatic heterocycles. The Hall–Kier alpha value is -6.45. The van der Waals surface area contributed by atoms with E-state index < -0.39 is 0 Å². The van der Waals surface area contributed by atoms with Crippen LogP contribution in [-0.2, 0) is 0 Å². The summed E-state index contributed by atoms with van der Waals surface area (Å²) >= 11 is 0. The number of rotatable bonds is 2. The van der Waals surface area contributed by atoms with Gasteiger partial charge in [-0.25, -0.2) is 0 Å². The normalized spacial score (nSPS) is 12.2. The summed E-state index contributed by atoms with van der Waals surface area (Å²) in [5.74, 6) is 0. The second kappa shape index (κ2) is 9.54. The van der Waals surface area contributed by atoms with Crippen molar-refractivity contribution in [3.63, 3.8) is 0 Å². The van der Waals surface area contributed by atoms with Crippen LogP contribution in [-0.4, -0.2) is 14.1 Å². The molecule has 11 rings (SSSR count). The van der Waals surface area contributed by atoms with Crippen LogP contribution < -0.4 is 0 Å². The van der Waals surface area contributed by atoms with Crippen molar-refractivity contribution in [2.45, 2.75) is 0 Å². The monoisotopic (exact) mass is 609 g/mol. The Labute approximate surface area is 275 Å². The number of aromatic nitrogens is 3. The fourth-order valence-corrected chi connectivity index (χ4v) is 8.40. The predicted octanol–water partition coefficient (Wildman–Crippen LogP) is 11.9. The molecule has 3 heteroatoms. The highest BCUT2D eigenvalue weighted by atomic mass is 15.0. The smallest absolute Gasteiger partial charge is 0.0956 e. The Morgan fingerprint density at radius 3 is 1.50 bits per heavy atom. The molecular weight excluding hydrogens is 583 g/mol. The van der Waals surface area contributed by atoms with Crippen molar-refractivity contribution < 1.29 is 0 Å². The molecule has 11 aromatic rings. The first-order chi connectivity index (χ1) is 23.9. The van der Waals surface area contributed by atoms with Gasteiger partial charge in [0.05, 0.1) is 27.6 Å². The van der Waals surface area contributed by atoms with E-state index in [4.69, 9.17) is 4.98 Å². The average molecular weight is 610 g/mol. The van der Waals surface area contributed by atoms with Crippen LogP contribution >= 0.6 is 0 Å². The Morgan fingerprint density at radius 2 is 0.833 bits per heavy atom. The summed E-state index contributed by atoms with van der Waals surface area (Å²) in [4.78, 5) is 5.10. The fraction of sp³-hybridized carbons (Fsp3) is 0. The third-order valence-corrected chi connectivity index (χ3v) is 10.3. The van der Waals surface area contributed by atoms with E-state index in [0.717, 1.165) is 27.8 Å². The van der Waals surface area contributed by atoms with Gasteiger partial charge in [-0.3, -0.25) is 4.98 Å². The van der Waals surface area contributed by atoms with E-state index in [1.54, 1.807) is 0 Å². The van der Waals surface area contributed by atoms with E-state index >= 15 is 0 Å². The number of fused-ring (bicyclic) bond motifs is 16. The SMILES string of the molecule is c1ccc(-n2c3ccccc3c3c2c2ncccc2c2c4ccccc4n(-c4ccc5c6ccccc6c6ccccc6c5c4)c23)cc1. The van der Waals surface area contributed by atoms with Gasteiger partial charge in [0.2, 0.25) is 0 Å². The third-order valence-electron chi connectivity index (χ3n) is 10.3. The summed E-state index contributed by atoms with van der Waals surface area (Å²) in [6.07, 6.45) is 1.93. The summed E-state index contributed by atoms with van der Waals surface area (Å²) in [6, 6.07) is 57.3. The lowest BCUT2D eigenvalue weighted by Crippen LogP contribution is -1.97. The van der Waals surface area contributed by atoms with Crippen LogP contribution in [0.3, 0.4) is 0 Å². The number of pyridine rings is 1. The number of benzene rings is 8. The molecular formula is C45H27N3. The van der Waals surface area contributed by atoms with Gasteiger partial charge in [-0.15, -0.1) is 0 Å². The number of para-hydroxylation sites is 3. The quantitative estimate of drug-likeness (QED) is 0.179. The Morgan fingerprint density at radius 1 is 0.333 bits per heavy atom. The molecule has 0 N–H and O–H groups in total. The maximum atomic E-state index is 5.10. The van der Waals surface area contributed by atoms with Gasteiger partial charge in [0.15, 0.2) is 0 Å². The third kappa shape index (κ3) is 3.30. The van der Waals surface area contributed by atoms with E-state index in [0.29, 0.717) is 0 Å². The van der Waals surface area contributed by atoms with Crippen molar-refractivity contribution in [1.29, 1.82) is 0 Å². The molecule has 0 saturated carbocycles. The highest BCUT2D eigenvalue weighted by molar-refractivity contribution is 6.36. The van der Waals surface area contributed by atoms with Crippen molar-refractivity contribution >= 4 is 86.8 Å². The van der Waals surface area contributed by atoms with Gasteiger partial charge < -0.3 is 9.13 Å². The fourth-order valence-electron chi connectivity index (χ4n) is 8.40. The van der Waals surface area contributed by atoms with Crippen molar-refractivity contribution in [2.24, 2.45) is 0 Å². The molecule has 0 radical (unpaired) electrons. The predicted molar refractivity (Wildman–Crippen MR) is 203 cm³/mol. The summed E-state index contributed by atoms with van der Waals surface area (Å²) in [6.45, 7) is 0. The minimum atomic E-state index is 1.01. The molecule has 0 atom stereocenters. The zero-order valence-corrected chi connectivity index (χ0v) is 25.9. The first kappa shape index (κ1) is 25.7. The maximum absolute atomic E-state index is 5.10. The standard InChI is InChI=1S/C45H27N3/c1-2-13-28(14-3-1)47-40-23-11-9-20-36(40)42-44-41(37-21-12-26-46-43(37)45(42)47)35-19-8-10-22-39(35)48(44)29-24-25-34-32-17-5-4-15-30(32)31-16-6-7-18-33(31)38(34)27-29/h1-27H. The van der Waals surface area contributed by atoms with Gasteiger partial charge in [0.1, 0.15) is 0 Å². The van der Waals surface area contributed by atoms with Crippen LogP contribution in [0.5, 0.6) is 0 Å². The Kier molecular flexibility index (Phi) is 5.11. The first-order valence-corrected chi connectivity index (χ1v) is 16.5. The molecule has 0 amide bonds. The molecule has 0 aliphatic rings. The second-order valence-corrected chi connectivity index (χ2v) is 12.7. The molecule has 0 aliphatic carbocycles. The molecule has 0 saturated heterocycles. The Balaban J connectivity index is 1.40.